The van der Waals surface area contributed by atoms with Gasteiger partial charge in [0.2, 0.25) is 0 Å². The van der Waals surface area contributed by atoms with Crippen LogP contribution in [0.4, 0.5) is 0 Å². The second kappa shape index (κ2) is 3.38. The molecule has 0 saturated heterocycles. The molecule has 4 nitrogen and oxygen atoms in total. The highest BCUT2D eigenvalue weighted by Gasteiger charge is 2.09. The number of aryl methyl sites for hydroxylation is 2. The van der Waals surface area contributed by atoms with Gasteiger partial charge in [0.15, 0.2) is 0 Å². The van der Waals surface area contributed by atoms with Crippen molar-refractivity contribution >= 4 is 11.6 Å². The number of carboxylic acid groups (broad SMARTS) is 1. The van der Waals surface area contributed by atoms with Gasteiger partial charge >= 0.3 is 5.97 Å². The van der Waals surface area contributed by atoms with Crippen LogP contribution in [-0.2, 0) is 6.42 Å². The Morgan fingerprint density at radius 3 is 3.13 bits per heavy atom. The van der Waals surface area contributed by atoms with Crippen LogP contribution in [0.25, 0.3) is 5.65 Å². The molecule has 2 heterocycles. The molecular weight excluding hydrogens is 192 g/mol. The van der Waals surface area contributed by atoms with E-state index in [9.17, 15) is 4.79 Å². The second-order valence-electron chi connectivity index (χ2n) is 3.35. The van der Waals surface area contributed by atoms with E-state index in [1.807, 2.05) is 6.92 Å². The van der Waals surface area contributed by atoms with Crippen LogP contribution in [0.2, 0.25) is 0 Å². The summed E-state index contributed by atoms with van der Waals surface area (Å²) >= 11 is 0. The Morgan fingerprint density at radius 2 is 2.47 bits per heavy atom. The number of hydrogen-bond donors (Lipinski definition) is 1. The molecule has 0 aliphatic carbocycles. The zero-order valence-electron chi connectivity index (χ0n) is 9.40. The van der Waals surface area contributed by atoms with Gasteiger partial charge in [0.1, 0.15) is 5.65 Å². The fourth-order valence-corrected chi connectivity index (χ4v) is 1.64. The van der Waals surface area contributed by atoms with Crippen molar-refractivity contribution in [3.63, 3.8) is 0 Å². The van der Waals surface area contributed by atoms with Crippen molar-refractivity contribution in [2.45, 2.75) is 20.2 Å². The third-order valence-corrected chi connectivity index (χ3v) is 2.40. The molecule has 2 aromatic heterocycles. The van der Waals surface area contributed by atoms with Gasteiger partial charge in [-0.1, -0.05) is 6.90 Å². The molecule has 0 spiro atoms. The van der Waals surface area contributed by atoms with E-state index in [-0.39, 0.29) is 12.5 Å². The summed E-state index contributed by atoms with van der Waals surface area (Å²) in [6.45, 7) is 2.14. The van der Waals surface area contributed by atoms with Crippen molar-refractivity contribution in [3.05, 3.63) is 35.3 Å². The Morgan fingerprint density at radius 1 is 1.67 bits per heavy atom. The molecular formula is C11H12N2O2. The number of fused-ring (bicyclic) bond motifs is 1. The topological polar surface area (TPSA) is 54.6 Å². The molecule has 0 radical (unpaired) electrons. The van der Waals surface area contributed by atoms with Gasteiger partial charge in [-0.3, -0.25) is 0 Å². The molecule has 4 heteroatoms. The first-order valence-electron chi connectivity index (χ1n) is 5.34. The van der Waals surface area contributed by atoms with Crippen molar-refractivity contribution in [3.8, 4) is 0 Å². The van der Waals surface area contributed by atoms with E-state index < -0.39 is 5.97 Å². The maximum atomic E-state index is 10.8. The first-order valence-corrected chi connectivity index (χ1v) is 4.63. The number of hydrogen-bond acceptors (Lipinski definition) is 2. The standard InChI is InChI=1S/C11H12N2O2/c1-3-9-7(2)12-10-5-4-8(11(14)15)6-13(9)10/h4-6H,3H2,1-2H3,(H,14,15)/i1T. The van der Waals surface area contributed by atoms with Crippen LogP contribution in [0.5, 0.6) is 0 Å². The third kappa shape index (κ3) is 1.48. The molecule has 0 fully saturated rings. The lowest BCUT2D eigenvalue weighted by Crippen LogP contribution is -2.00. The number of carboxylic acids is 1. The van der Waals surface area contributed by atoms with Crippen molar-refractivity contribution < 1.29 is 11.3 Å². The fraction of sp³-hybridized carbons (Fsp3) is 0.273. The third-order valence-electron chi connectivity index (χ3n) is 2.40. The Labute approximate surface area is 88.6 Å². The summed E-state index contributed by atoms with van der Waals surface area (Å²) in [5, 5.41) is 8.90. The lowest BCUT2D eigenvalue weighted by Gasteiger charge is -2.00. The fourth-order valence-electron chi connectivity index (χ4n) is 1.64. The SMILES string of the molecule is [3H]CCc1c(C)nc2ccc(C(=O)O)cn12. The lowest BCUT2D eigenvalue weighted by molar-refractivity contribution is 0.0696. The first-order chi connectivity index (χ1) is 7.63. The zero-order valence-corrected chi connectivity index (χ0v) is 8.40. The maximum Gasteiger partial charge on any atom is 0.337 e. The monoisotopic (exact) mass is 206 g/mol. The van der Waals surface area contributed by atoms with Crippen LogP contribution in [0, 0.1) is 6.92 Å². The molecule has 0 aliphatic rings. The quantitative estimate of drug-likeness (QED) is 0.816. The first kappa shape index (κ1) is 8.47. The van der Waals surface area contributed by atoms with Crippen molar-refractivity contribution in [2.24, 2.45) is 0 Å². The van der Waals surface area contributed by atoms with Crippen molar-refractivity contribution in [1.82, 2.24) is 9.38 Å². The second-order valence-corrected chi connectivity index (χ2v) is 3.35. The highest BCUT2D eigenvalue weighted by molar-refractivity contribution is 5.87. The van der Waals surface area contributed by atoms with E-state index in [4.69, 9.17) is 6.48 Å². The number of rotatable bonds is 2. The van der Waals surface area contributed by atoms with E-state index in [0.717, 1.165) is 17.0 Å². The number of carbonyl (C=O) groups is 1. The van der Waals surface area contributed by atoms with Crippen LogP contribution in [0.3, 0.4) is 0 Å². The summed E-state index contributed by atoms with van der Waals surface area (Å²) in [5.74, 6) is -0.954. The molecule has 0 bridgehead atoms. The molecule has 0 saturated carbocycles. The smallest absolute Gasteiger partial charge is 0.337 e. The molecule has 2 aromatic rings. The summed E-state index contributed by atoms with van der Waals surface area (Å²) in [4.78, 5) is 15.2. The van der Waals surface area contributed by atoms with Crippen LogP contribution >= 0.6 is 0 Å². The number of aromatic carboxylic acids is 1. The molecule has 78 valence electrons. The minimum atomic E-state index is -0.954. The van der Waals surface area contributed by atoms with Gasteiger partial charge in [-0.2, -0.15) is 0 Å². The minimum absolute atomic E-state index is 0.233. The Balaban J connectivity index is 2.64. The molecule has 1 N–H and O–H groups in total. The lowest BCUT2D eigenvalue weighted by atomic mass is 10.2. The predicted octanol–water partition coefficient (Wildman–Crippen LogP) is 1.90. The van der Waals surface area contributed by atoms with Crippen molar-refractivity contribution in [2.75, 3.05) is 0 Å². The van der Waals surface area contributed by atoms with Crippen LogP contribution in [0.15, 0.2) is 18.3 Å². The van der Waals surface area contributed by atoms with Gasteiger partial charge in [-0.05, 0) is 25.5 Å². The van der Waals surface area contributed by atoms with Gasteiger partial charge in [0.05, 0.1) is 11.3 Å². The normalized spacial score (nSPS) is 11.7. The van der Waals surface area contributed by atoms with Crippen molar-refractivity contribution in [1.29, 1.82) is 0 Å². The number of pyridine rings is 1. The molecule has 0 amide bonds. The predicted molar refractivity (Wildman–Crippen MR) is 56.3 cm³/mol. The summed E-state index contributed by atoms with van der Waals surface area (Å²) in [6.07, 6.45) is 2.14. The van der Waals surface area contributed by atoms with E-state index in [1.165, 1.54) is 6.07 Å². The van der Waals surface area contributed by atoms with Gasteiger partial charge in [-0.15, -0.1) is 0 Å². The Kier molecular flexibility index (Phi) is 1.91. The number of imidazole rings is 1. The van der Waals surface area contributed by atoms with Gasteiger partial charge in [0, 0.05) is 13.3 Å². The molecule has 0 atom stereocenters. The zero-order chi connectivity index (χ0) is 11.7. The molecule has 0 aliphatic heterocycles. The van der Waals surface area contributed by atoms with Crippen LogP contribution in [-0.4, -0.2) is 20.5 Å². The van der Waals surface area contributed by atoms with Gasteiger partial charge < -0.3 is 9.51 Å². The van der Waals surface area contributed by atoms with E-state index in [1.54, 1.807) is 16.7 Å². The highest BCUT2D eigenvalue weighted by Crippen LogP contribution is 2.13. The summed E-state index contributed by atoms with van der Waals surface area (Å²) in [7, 11) is 0. The molecule has 2 rings (SSSR count). The van der Waals surface area contributed by atoms with Gasteiger partial charge in [-0.25, -0.2) is 9.78 Å². The molecule has 0 unspecified atom stereocenters. The van der Waals surface area contributed by atoms with Gasteiger partial charge in [0.25, 0.3) is 0 Å². The molecule has 0 aromatic carbocycles. The minimum Gasteiger partial charge on any atom is -0.478 e. The summed E-state index contributed by atoms with van der Waals surface area (Å²) < 4.78 is 8.99. The highest BCUT2D eigenvalue weighted by atomic mass is 16.4. The average molecular weight is 206 g/mol. The summed E-state index contributed by atoms with van der Waals surface area (Å²) in [6, 6.07) is 3.22. The Hall–Kier alpha value is -1.84. The van der Waals surface area contributed by atoms with E-state index in [0.29, 0.717) is 6.42 Å². The van der Waals surface area contributed by atoms with E-state index in [2.05, 4.69) is 4.98 Å². The number of aromatic nitrogens is 2. The average Bonchev–Trinajstić information content (AvgIpc) is 2.55. The maximum absolute atomic E-state index is 10.8. The van der Waals surface area contributed by atoms with Crippen LogP contribution < -0.4 is 0 Å². The Bertz CT molecular complexity index is 548. The number of nitrogens with zero attached hydrogens (tertiary/aromatic N) is 2. The summed E-state index contributed by atoms with van der Waals surface area (Å²) in [5.41, 5.74) is 2.73. The largest absolute Gasteiger partial charge is 0.478 e. The van der Waals surface area contributed by atoms with Crippen LogP contribution in [0.1, 0.15) is 30.0 Å². The van der Waals surface area contributed by atoms with E-state index >= 15 is 0 Å². The molecule has 15 heavy (non-hydrogen) atoms.